The lowest BCUT2D eigenvalue weighted by atomic mass is 10.1. The molecule has 1 aromatic heterocycles. The highest BCUT2D eigenvalue weighted by Gasteiger charge is 2.20. The zero-order valence-corrected chi connectivity index (χ0v) is 14.3. The van der Waals surface area contributed by atoms with E-state index in [2.05, 4.69) is 0 Å². The van der Waals surface area contributed by atoms with Gasteiger partial charge in [0.15, 0.2) is 6.29 Å². The predicted molar refractivity (Wildman–Crippen MR) is 89.3 cm³/mol. The smallest absolute Gasteiger partial charge is 0.419 e. The number of aromatic nitrogens is 1. The summed E-state index contributed by atoms with van der Waals surface area (Å²) in [6, 6.07) is 5.42. The molecule has 2 rings (SSSR count). The van der Waals surface area contributed by atoms with Gasteiger partial charge in [-0.05, 0) is 38.5 Å². The molecule has 24 heavy (non-hydrogen) atoms. The molecule has 1 heterocycles. The molecule has 0 aliphatic rings. The number of hydrogen-bond donors (Lipinski definition) is 0. The monoisotopic (exact) mass is 331 g/mol. The second kappa shape index (κ2) is 6.86. The van der Waals surface area contributed by atoms with Gasteiger partial charge in [0.25, 0.3) is 0 Å². The number of aldehydes is 1. The summed E-state index contributed by atoms with van der Waals surface area (Å²) in [6.07, 6.45) is 2.18. The van der Waals surface area contributed by atoms with Crippen LogP contribution >= 0.6 is 0 Å². The summed E-state index contributed by atoms with van der Waals surface area (Å²) in [7, 11) is 0. The Labute approximate surface area is 140 Å². The Balaban J connectivity index is 2.34. The quantitative estimate of drug-likeness (QED) is 0.634. The number of rotatable bonds is 4. The van der Waals surface area contributed by atoms with Gasteiger partial charge in [-0.15, -0.1) is 0 Å². The van der Waals surface area contributed by atoms with Gasteiger partial charge in [-0.25, -0.2) is 4.79 Å². The fraction of sp³-hybridized carbons (Fsp3) is 0.389. The maximum absolute atomic E-state index is 12.3. The molecule has 0 saturated carbocycles. The summed E-state index contributed by atoms with van der Waals surface area (Å²) in [4.78, 5) is 34.4. The highest BCUT2D eigenvalue weighted by molar-refractivity contribution is 6.01. The molecule has 0 radical (unpaired) electrons. The van der Waals surface area contributed by atoms with Crippen molar-refractivity contribution in [1.82, 2.24) is 4.57 Å². The summed E-state index contributed by atoms with van der Waals surface area (Å²) in [5.41, 5.74) is 1.29. The molecule has 0 aliphatic heterocycles. The molecular weight excluding hydrogens is 310 g/mol. The maximum Gasteiger partial charge on any atom is 0.419 e. The topological polar surface area (TPSA) is 74.6 Å². The number of hydrogen-bond acceptors (Lipinski definition) is 5. The van der Waals surface area contributed by atoms with Gasteiger partial charge in [0.05, 0.1) is 12.1 Å². The normalized spacial score (nSPS) is 11.3. The van der Waals surface area contributed by atoms with Crippen LogP contribution in [0.15, 0.2) is 24.4 Å². The van der Waals surface area contributed by atoms with E-state index in [0.717, 1.165) is 5.56 Å². The highest BCUT2D eigenvalue weighted by Crippen LogP contribution is 2.23. The van der Waals surface area contributed by atoms with Crippen molar-refractivity contribution in [3.8, 4) is 0 Å². The summed E-state index contributed by atoms with van der Waals surface area (Å²) in [5, 5.41) is 0.663. The molecule has 6 nitrogen and oxygen atoms in total. The van der Waals surface area contributed by atoms with Crippen molar-refractivity contribution in [2.24, 2.45) is 0 Å². The standard InChI is InChI=1S/C18H21NO5/c1-12(21)23-8-7-13-5-6-16-15(9-13)14(11-20)10-19(16)17(22)24-18(2,3)4/h5-6,9-11H,7-8H2,1-4H3. The lowest BCUT2D eigenvalue weighted by Gasteiger charge is -2.19. The van der Waals surface area contributed by atoms with Crippen LogP contribution < -0.4 is 0 Å². The van der Waals surface area contributed by atoms with Crippen LogP contribution in [0.3, 0.4) is 0 Å². The Hall–Kier alpha value is -2.63. The largest absolute Gasteiger partial charge is 0.466 e. The molecule has 0 fully saturated rings. The van der Waals surface area contributed by atoms with Crippen LogP contribution in [0.4, 0.5) is 4.79 Å². The minimum absolute atomic E-state index is 0.268. The summed E-state index contributed by atoms with van der Waals surface area (Å²) in [6.45, 7) is 6.97. The third-order valence-corrected chi connectivity index (χ3v) is 3.31. The van der Waals surface area contributed by atoms with E-state index in [1.807, 2.05) is 12.1 Å². The molecule has 0 amide bonds. The van der Waals surface area contributed by atoms with Crippen LogP contribution in [-0.2, 0) is 20.7 Å². The first kappa shape index (κ1) is 17.7. The molecule has 0 bridgehead atoms. The minimum Gasteiger partial charge on any atom is -0.466 e. The number of carbonyl (C=O) groups is 3. The SMILES string of the molecule is CC(=O)OCCc1ccc2c(c1)c(C=O)cn2C(=O)OC(C)(C)C. The zero-order chi connectivity index (χ0) is 17.9. The van der Waals surface area contributed by atoms with Crippen LogP contribution in [0.2, 0.25) is 0 Å². The van der Waals surface area contributed by atoms with Crippen LogP contribution in [0.25, 0.3) is 10.9 Å². The molecule has 0 aliphatic carbocycles. The number of esters is 1. The Kier molecular flexibility index (Phi) is 5.07. The lowest BCUT2D eigenvalue weighted by Crippen LogP contribution is -2.26. The van der Waals surface area contributed by atoms with Crippen molar-refractivity contribution in [3.05, 3.63) is 35.5 Å². The van der Waals surface area contributed by atoms with Gasteiger partial charge in [0.1, 0.15) is 5.60 Å². The first-order valence-electron chi connectivity index (χ1n) is 7.67. The number of ether oxygens (including phenoxy) is 2. The van der Waals surface area contributed by atoms with Crippen LogP contribution in [-0.4, -0.2) is 35.1 Å². The average Bonchev–Trinajstić information content (AvgIpc) is 2.83. The highest BCUT2D eigenvalue weighted by atomic mass is 16.6. The molecular formula is C18H21NO5. The summed E-state index contributed by atoms with van der Waals surface area (Å²) < 4.78 is 11.6. The fourth-order valence-corrected chi connectivity index (χ4v) is 2.33. The van der Waals surface area contributed by atoms with E-state index in [1.54, 1.807) is 26.8 Å². The van der Waals surface area contributed by atoms with Crippen LogP contribution in [0.1, 0.15) is 43.6 Å². The van der Waals surface area contributed by atoms with Crippen molar-refractivity contribution in [2.75, 3.05) is 6.61 Å². The molecule has 6 heteroatoms. The maximum atomic E-state index is 12.3. The van der Waals surface area contributed by atoms with Crippen molar-refractivity contribution in [2.45, 2.75) is 39.7 Å². The Morgan fingerprint density at radius 1 is 1.25 bits per heavy atom. The average molecular weight is 331 g/mol. The van der Waals surface area contributed by atoms with Crippen LogP contribution in [0.5, 0.6) is 0 Å². The van der Waals surface area contributed by atoms with Gasteiger partial charge >= 0.3 is 12.1 Å². The van der Waals surface area contributed by atoms with E-state index >= 15 is 0 Å². The zero-order valence-electron chi connectivity index (χ0n) is 14.3. The van der Waals surface area contributed by atoms with Gasteiger partial charge in [0, 0.05) is 30.5 Å². The molecule has 0 atom stereocenters. The lowest BCUT2D eigenvalue weighted by molar-refractivity contribution is -0.140. The first-order chi connectivity index (χ1) is 11.2. The van der Waals surface area contributed by atoms with Gasteiger partial charge in [0.2, 0.25) is 0 Å². The van der Waals surface area contributed by atoms with Gasteiger partial charge in [-0.2, -0.15) is 0 Å². The Bertz CT molecular complexity index is 783. The third kappa shape index (κ3) is 4.22. The van der Waals surface area contributed by atoms with Crippen molar-refractivity contribution >= 4 is 29.3 Å². The Morgan fingerprint density at radius 3 is 2.54 bits per heavy atom. The fourth-order valence-electron chi connectivity index (χ4n) is 2.33. The van der Waals surface area contributed by atoms with Gasteiger partial charge < -0.3 is 9.47 Å². The van der Waals surface area contributed by atoms with E-state index in [4.69, 9.17) is 9.47 Å². The number of nitrogens with zero attached hydrogens (tertiary/aromatic N) is 1. The van der Waals surface area contributed by atoms with E-state index in [1.165, 1.54) is 17.7 Å². The number of carbonyl (C=O) groups excluding carboxylic acids is 3. The molecule has 0 spiro atoms. The van der Waals surface area contributed by atoms with Gasteiger partial charge in [-0.1, -0.05) is 6.07 Å². The third-order valence-electron chi connectivity index (χ3n) is 3.31. The molecule has 128 valence electrons. The summed E-state index contributed by atoms with van der Waals surface area (Å²) >= 11 is 0. The number of benzene rings is 1. The van der Waals surface area contributed by atoms with Crippen molar-refractivity contribution in [1.29, 1.82) is 0 Å². The van der Waals surface area contributed by atoms with Crippen molar-refractivity contribution < 1.29 is 23.9 Å². The van der Waals surface area contributed by atoms with E-state index < -0.39 is 11.7 Å². The Morgan fingerprint density at radius 2 is 1.96 bits per heavy atom. The van der Waals surface area contributed by atoms with E-state index in [-0.39, 0.29) is 12.6 Å². The van der Waals surface area contributed by atoms with E-state index in [0.29, 0.717) is 29.2 Å². The molecule has 0 unspecified atom stereocenters. The molecule has 0 N–H and O–H groups in total. The summed E-state index contributed by atoms with van der Waals surface area (Å²) in [5.74, 6) is -0.333. The number of fused-ring (bicyclic) bond motifs is 1. The molecule has 0 saturated heterocycles. The van der Waals surface area contributed by atoms with E-state index in [9.17, 15) is 14.4 Å². The molecule has 2 aromatic rings. The second-order valence-electron chi connectivity index (χ2n) is 6.49. The van der Waals surface area contributed by atoms with Crippen LogP contribution in [0, 0.1) is 0 Å². The second-order valence-corrected chi connectivity index (χ2v) is 6.49. The predicted octanol–water partition coefficient (Wildman–Crippen LogP) is 3.34. The molecule has 1 aromatic carbocycles. The minimum atomic E-state index is -0.626. The first-order valence-corrected chi connectivity index (χ1v) is 7.67. The van der Waals surface area contributed by atoms with Gasteiger partial charge in [-0.3, -0.25) is 14.2 Å². The van der Waals surface area contributed by atoms with Crippen molar-refractivity contribution in [3.63, 3.8) is 0 Å².